The Morgan fingerprint density at radius 2 is 1.69 bits per heavy atom. The Bertz CT molecular complexity index is 268. The monoisotopic (exact) mass is 207 g/mol. The molecule has 5 heteroatoms. The summed E-state index contributed by atoms with van der Waals surface area (Å²) in [5.74, 6) is 0. The topological polar surface area (TPSA) is 16.6 Å². The van der Waals surface area contributed by atoms with Crippen LogP contribution in [0.5, 0.6) is 0 Å². The van der Waals surface area contributed by atoms with E-state index in [0.29, 0.717) is 0 Å². The van der Waals surface area contributed by atoms with Gasteiger partial charge in [-0.1, -0.05) is 0 Å². The molecule has 0 bridgehead atoms. The molecule has 0 heterocycles. The summed E-state index contributed by atoms with van der Waals surface area (Å²) in [5.41, 5.74) is -3.40. The lowest BCUT2D eigenvalue weighted by Crippen LogP contribution is -2.69. The summed E-state index contributed by atoms with van der Waals surface area (Å²) in [4.78, 5) is 0.193. The molecular weight excluding hydrogens is 199 g/mol. The summed E-state index contributed by atoms with van der Waals surface area (Å²) in [6.45, 7) is 0. The van der Waals surface area contributed by atoms with E-state index in [2.05, 4.69) is 7.05 Å². The fourth-order valence-corrected chi connectivity index (χ4v) is 1.35. The van der Waals surface area contributed by atoms with Crippen molar-refractivity contribution < 1.29 is 18.5 Å². The van der Waals surface area contributed by atoms with Gasteiger partial charge in [-0.05, 0) is 36.0 Å². The molecule has 0 saturated heterocycles. The minimum Gasteiger partial charge on any atom is -0.446 e. The van der Waals surface area contributed by atoms with Gasteiger partial charge in [0.05, 0.1) is 0 Å². The summed E-state index contributed by atoms with van der Waals surface area (Å²) < 4.78 is 35.6. The highest BCUT2D eigenvalue weighted by atomic mass is 32.2. The fourth-order valence-electron chi connectivity index (χ4n) is 0.806. The minimum atomic E-state index is -4.21. The molecule has 72 valence electrons. The van der Waals surface area contributed by atoms with Crippen LogP contribution in [0, 0.1) is 7.05 Å². The number of nitrogens with two attached hydrogens (primary N) is 1. The molecule has 1 aromatic rings. The number of hydrogen-bond acceptors (Lipinski definition) is 1. The zero-order chi connectivity index (χ0) is 9.90. The third kappa shape index (κ3) is 3.69. The first-order valence-electron chi connectivity index (χ1n) is 3.49. The molecule has 0 amide bonds. The van der Waals surface area contributed by atoms with E-state index >= 15 is 0 Å². The lowest BCUT2D eigenvalue weighted by atomic mass is 10.3. The average Bonchev–Trinajstić information content (AvgIpc) is 2.03. The summed E-state index contributed by atoms with van der Waals surface area (Å²) in [7, 11) is 3.51. The van der Waals surface area contributed by atoms with Crippen LogP contribution >= 0.6 is 11.8 Å². The van der Waals surface area contributed by atoms with Crippen molar-refractivity contribution in [3.8, 4) is 0 Å². The number of halogens is 3. The Kier molecular flexibility index (Phi) is 3.22. The van der Waals surface area contributed by atoms with Crippen molar-refractivity contribution in [2.24, 2.45) is 0 Å². The van der Waals surface area contributed by atoms with Crippen LogP contribution in [-0.2, 0) is 0 Å². The van der Waals surface area contributed by atoms with Crippen LogP contribution in [0.2, 0.25) is 0 Å². The summed E-state index contributed by atoms with van der Waals surface area (Å²) in [5, 5.41) is 1.59. The molecule has 13 heavy (non-hydrogen) atoms. The third-order valence-corrected chi connectivity index (χ3v) is 2.09. The normalized spacial score (nSPS) is 11.7. The number of quaternary nitrogens is 1. The van der Waals surface area contributed by atoms with Gasteiger partial charge in [0.25, 0.3) is 0 Å². The first-order valence-corrected chi connectivity index (χ1v) is 4.31. The maximum atomic E-state index is 11.9. The molecule has 0 radical (unpaired) electrons. The van der Waals surface area contributed by atoms with E-state index in [0.717, 1.165) is 5.69 Å². The molecule has 0 aliphatic carbocycles. The van der Waals surface area contributed by atoms with Gasteiger partial charge in [0.15, 0.2) is 0 Å². The molecule has 0 spiro atoms. The number of benzene rings is 1. The van der Waals surface area contributed by atoms with Crippen LogP contribution in [0.25, 0.3) is 0 Å². The molecule has 2 N–H and O–H groups in total. The second-order valence-corrected chi connectivity index (χ2v) is 3.46. The van der Waals surface area contributed by atoms with Crippen molar-refractivity contribution in [3.63, 3.8) is 0 Å². The predicted molar refractivity (Wildman–Crippen MR) is 45.3 cm³/mol. The maximum Gasteiger partial charge on any atom is 0.446 e. The van der Waals surface area contributed by atoms with Gasteiger partial charge in [0, 0.05) is 4.90 Å². The largest absolute Gasteiger partial charge is 0.446 e. The van der Waals surface area contributed by atoms with Crippen molar-refractivity contribution in [3.05, 3.63) is 31.3 Å². The Morgan fingerprint density at radius 3 is 2.08 bits per heavy atom. The van der Waals surface area contributed by atoms with Gasteiger partial charge in [-0.2, -0.15) is 13.2 Å². The second-order valence-electron chi connectivity index (χ2n) is 2.32. The van der Waals surface area contributed by atoms with Crippen LogP contribution in [0.15, 0.2) is 29.2 Å². The zero-order valence-corrected chi connectivity index (χ0v) is 7.45. The molecule has 0 atom stereocenters. The van der Waals surface area contributed by atoms with E-state index in [-0.39, 0.29) is 16.7 Å². The van der Waals surface area contributed by atoms with E-state index in [9.17, 15) is 13.2 Å². The van der Waals surface area contributed by atoms with Crippen molar-refractivity contribution in [1.29, 1.82) is 0 Å². The van der Waals surface area contributed by atoms with E-state index in [1.807, 2.05) is 0 Å². The molecule has 0 aliphatic rings. The predicted octanol–water partition coefficient (Wildman–Crippen LogP) is 2.28. The first-order chi connectivity index (χ1) is 6.01. The highest BCUT2D eigenvalue weighted by Crippen LogP contribution is 2.36. The van der Waals surface area contributed by atoms with E-state index in [4.69, 9.17) is 0 Å². The van der Waals surface area contributed by atoms with Gasteiger partial charge in [-0.15, -0.1) is 7.05 Å². The highest BCUT2D eigenvalue weighted by molar-refractivity contribution is 8.00. The van der Waals surface area contributed by atoms with Crippen LogP contribution in [0.4, 0.5) is 18.9 Å². The lowest BCUT2D eigenvalue weighted by molar-refractivity contribution is -0.504. The molecule has 1 rings (SSSR count). The number of alkyl halides is 3. The van der Waals surface area contributed by atoms with Crippen LogP contribution in [-0.4, -0.2) is 5.51 Å². The number of hydrogen-bond donors (Lipinski definition) is 1. The van der Waals surface area contributed by atoms with Gasteiger partial charge < -0.3 is 5.32 Å². The van der Waals surface area contributed by atoms with E-state index < -0.39 is 5.51 Å². The summed E-state index contributed by atoms with van der Waals surface area (Å²) in [6, 6.07) is 6.05. The molecular formula is C8H8F3NS. The molecule has 0 aliphatic heterocycles. The Hall–Kier alpha value is -0.680. The smallest absolute Gasteiger partial charge is 0.446 e. The van der Waals surface area contributed by atoms with Crippen molar-refractivity contribution in [1.82, 2.24) is 0 Å². The zero-order valence-electron chi connectivity index (χ0n) is 6.64. The molecule has 0 saturated carbocycles. The average molecular weight is 207 g/mol. The fraction of sp³-hybridized carbons (Fsp3) is 0.125. The van der Waals surface area contributed by atoms with Crippen LogP contribution in [0.1, 0.15) is 0 Å². The Labute approximate surface area is 78.3 Å². The summed E-state index contributed by atoms with van der Waals surface area (Å²) in [6.07, 6.45) is 0. The standard InChI is InChI=1S/C8H8F3NS/c1-12-6-2-4-7(5-3-6)13-8(9,10)11/h2-5H,1,12H2. The van der Waals surface area contributed by atoms with Gasteiger partial charge in [-0.25, -0.2) is 0 Å². The Balaban J connectivity index is 2.70. The van der Waals surface area contributed by atoms with Gasteiger partial charge >= 0.3 is 5.51 Å². The van der Waals surface area contributed by atoms with Crippen molar-refractivity contribution >= 4 is 17.4 Å². The van der Waals surface area contributed by atoms with Crippen molar-refractivity contribution in [2.45, 2.75) is 10.4 Å². The van der Waals surface area contributed by atoms with Gasteiger partial charge in [0.1, 0.15) is 5.69 Å². The van der Waals surface area contributed by atoms with Crippen LogP contribution < -0.4 is 5.32 Å². The summed E-state index contributed by atoms with van der Waals surface area (Å²) >= 11 is -0.114. The Morgan fingerprint density at radius 1 is 1.15 bits per heavy atom. The number of rotatable bonds is 2. The lowest BCUT2D eigenvalue weighted by Gasteiger charge is -2.05. The first kappa shape index (κ1) is 10.4. The molecule has 0 fully saturated rings. The van der Waals surface area contributed by atoms with Crippen LogP contribution in [0.3, 0.4) is 0 Å². The molecule has 1 aromatic carbocycles. The van der Waals surface area contributed by atoms with Crippen molar-refractivity contribution in [2.75, 3.05) is 0 Å². The second kappa shape index (κ2) is 4.02. The molecule has 0 aromatic heterocycles. The highest BCUT2D eigenvalue weighted by Gasteiger charge is 2.28. The third-order valence-electron chi connectivity index (χ3n) is 1.35. The minimum absolute atomic E-state index is 0.114. The van der Waals surface area contributed by atoms with Gasteiger partial charge in [-0.3, -0.25) is 0 Å². The maximum absolute atomic E-state index is 11.9. The quantitative estimate of drug-likeness (QED) is 0.447. The molecule has 1 nitrogen and oxygen atoms in total. The molecule has 0 unspecified atom stereocenters. The van der Waals surface area contributed by atoms with Gasteiger partial charge in [0.2, 0.25) is 0 Å². The van der Waals surface area contributed by atoms with E-state index in [1.54, 1.807) is 17.4 Å². The number of thioether (sulfide) groups is 1. The SMILES string of the molecule is [CH2-][NH2+]c1ccc(SC(F)(F)F)cc1. The van der Waals surface area contributed by atoms with E-state index in [1.165, 1.54) is 12.1 Å².